The fraction of sp³-hybridized carbons (Fsp3) is 0.588. The average Bonchev–Trinajstić information content (AvgIpc) is 2.99. The van der Waals surface area contributed by atoms with Crippen molar-refractivity contribution in [3.63, 3.8) is 0 Å². The topological polar surface area (TPSA) is 91.7 Å². The van der Waals surface area contributed by atoms with Crippen molar-refractivity contribution in [3.05, 3.63) is 23.2 Å². The Hall–Kier alpha value is -2.13. The van der Waals surface area contributed by atoms with E-state index in [1.165, 1.54) is 14.0 Å². The maximum atomic E-state index is 11.7. The van der Waals surface area contributed by atoms with Crippen molar-refractivity contribution in [2.24, 2.45) is 7.05 Å². The molecule has 1 aliphatic rings. The highest BCUT2D eigenvalue weighted by molar-refractivity contribution is 6.56. The number of carbonyl (C=O) groups excluding carboxylic acids is 2. The number of aromatic nitrogens is 2. The number of ether oxygens (including phenoxy) is 1. The molecule has 1 aromatic rings. The van der Waals surface area contributed by atoms with Gasteiger partial charge in [-0.1, -0.05) is 0 Å². The second-order valence-electron chi connectivity index (χ2n) is 7.31. The van der Waals surface area contributed by atoms with Gasteiger partial charge in [-0.05, 0) is 39.2 Å². The molecule has 1 aromatic heterocycles. The minimum absolute atomic E-state index is 0.163. The second-order valence-corrected chi connectivity index (χ2v) is 7.31. The smallest absolute Gasteiger partial charge is 0.463 e. The van der Waals surface area contributed by atoms with Gasteiger partial charge in [-0.2, -0.15) is 0 Å². The number of methoxy groups -OCH3 is 1. The van der Waals surface area contributed by atoms with Crippen molar-refractivity contribution in [2.75, 3.05) is 13.7 Å². The number of hydrogen-bond acceptors (Lipinski definition) is 6. The largest absolute Gasteiger partial charge is 0.492 e. The zero-order valence-corrected chi connectivity index (χ0v) is 16.4. The summed E-state index contributed by atoms with van der Waals surface area (Å²) in [5.74, 6) is -0.499. The van der Waals surface area contributed by atoms with Crippen LogP contribution in [0.4, 0.5) is 0 Å². The van der Waals surface area contributed by atoms with Crippen molar-refractivity contribution >= 4 is 25.1 Å². The van der Waals surface area contributed by atoms with E-state index in [0.717, 1.165) is 0 Å². The lowest BCUT2D eigenvalue weighted by Gasteiger charge is -2.32. The summed E-state index contributed by atoms with van der Waals surface area (Å²) in [5, 5.41) is 2.76. The van der Waals surface area contributed by atoms with Gasteiger partial charge >= 0.3 is 13.1 Å². The number of amides is 1. The van der Waals surface area contributed by atoms with Gasteiger partial charge in [0, 0.05) is 26.7 Å². The van der Waals surface area contributed by atoms with Crippen LogP contribution in [-0.2, 0) is 25.9 Å². The summed E-state index contributed by atoms with van der Waals surface area (Å²) >= 11 is 0. The van der Waals surface area contributed by atoms with Gasteiger partial charge in [0.2, 0.25) is 11.7 Å². The molecule has 9 heteroatoms. The Morgan fingerprint density at radius 1 is 1.31 bits per heavy atom. The lowest BCUT2D eigenvalue weighted by molar-refractivity contribution is -0.118. The number of aryl methyl sites for hydroxylation is 1. The van der Waals surface area contributed by atoms with Crippen LogP contribution >= 0.6 is 0 Å². The molecule has 0 radical (unpaired) electrons. The summed E-state index contributed by atoms with van der Waals surface area (Å²) in [6, 6.07) is 0. The van der Waals surface area contributed by atoms with Crippen molar-refractivity contribution in [2.45, 2.75) is 45.8 Å². The van der Waals surface area contributed by atoms with Gasteiger partial charge in [0.05, 0.1) is 24.0 Å². The fourth-order valence-electron chi connectivity index (χ4n) is 2.45. The third-order valence-electron chi connectivity index (χ3n) is 4.69. The van der Waals surface area contributed by atoms with E-state index in [9.17, 15) is 9.59 Å². The molecule has 0 bridgehead atoms. The molecule has 0 atom stereocenters. The molecule has 2 heterocycles. The van der Waals surface area contributed by atoms with Crippen LogP contribution in [0.2, 0.25) is 0 Å². The van der Waals surface area contributed by atoms with Crippen LogP contribution in [0.5, 0.6) is 0 Å². The van der Waals surface area contributed by atoms with Crippen molar-refractivity contribution < 1.29 is 23.6 Å². The number of hydrogen-bond donors (Lipinski definition) is 1. The third kappa shape index (κ3) is 4.16. The number of imidazole rings is 1. The Labute approximate surface area is 154 Å². The highest BCUT2D eigenvalue weighted by Crippen LogP contribution is 2.38. The third-order valence-corrected chi connectivity index (χ3v) is 4.69. The monoisotopic (exact) mass is 363 g/mol. The standard InChI is InChI=1S/C17H26BN3O5/c1-11(22)19-9-12(18-25-16(2,3)17(4,5)26-18)8-13-10-21(6)14(20-13)15(23)24-7/h8,10H,9H2,1-7H3,(H,19,22). The predicted octanol–water partition coefficient (Wildman–Crippen LogP) is 1.36. The predicted molar refractivity (Wildman–Crippen MR) is 97.3 cm³/mol. The van der Waals surface area contributed by atoms with Crippen LogP contribution in [0.15, 0.2) is 11.7 Å². The van der Waals surface area contributed by atoms with E-state index in [4.69, 9.17) is 14.0 Å². The Balaban J connectivity index is 2.35. The second kappa shape index (κ2) is 7.24. The molecule has 1 N–H and O–H groups in total. The van der Waals surface area contributed by atoms with E-state index in [0.29, 0.717) is 11.2 Å². The molecule has 0 saturated carbocycles. The molecular formula is C17H26BN3O5. The van der Waals surface area contributed by atoms with Crippen LogP contribution in [0, 0.1) is 0 Å². The SMILES string of the molecule is COC(=O)c1nc(C=C(CNC(C)=O)B2OC(C)(C)C(C)(C)O2)cn1C. The molecule has 8 nitrogen and oxygen atoms in total. The van der Waals surface area contributed by atoms with Gasteiger partial charge in [0.1, 0.15) is 0 Å². The Kier molecular flexibility index (Phi) is 5.62. The first-order valence-electron chi connectivity index (χ1n) is 8.39. The maximum absolute atomic E-state index is 11.7. The number of esters is 1. The van der Waals surface area contributed by atoms with Gasteiger partial charge < -0.3 is 23.9 Å². The summed E-state index contributed by atoms with van der Waals surface area (Å²) < 4.78 is 18.4. The first-order chi connectivity index (χ1) is 12.0. The maximum Gasteiger partial charge on any atom is 0.492 e. The molecule has 1 saturated heterocycles. The molecule has 26 heavy (non-hydrogen) atoms. The van der Waals surface area contributed by atoms with E-state index in [1.807, 2.05) is 27.7 Å². The van der Waals surface area contributed by atoms with E-state index in [2.05, 4.69) is 10.3 Å². The van der Waals surface area contributed by atoms with Gasteiger partial charge in [-0.25, -0.2) is 9.78 Å². The lowest BCUT2D eigenvalue weighted by atomic mass is 9.77. The van der Waals surface area contributed by atoms with E-state index >= 15 is 0 Å². The summed E-state index contributed by atoms with van der Waals surface area (Å²) in [6.07, 6.45) is 3.45. The number of nitrogens with zero attached hydrogens (tertiary/aromatic N) is 2. The zero-order valence-electron chi connectivity index (χ0n) is 16.4. The Bertz CT molecular complexity index is 723. The number of carbonyl (C=O) groups is 2. The molecule has 142 valence electrons. The van der Waals surface area contributed by atoms with Crippen LogP contribution in [0.25, 0.3) is 6.08 Å². The van der Waals surface area contributed by atoms with Crippen LogP contribution in [0.3, 0.4) is 0 Å². The quantitative estimate of drug-likeness (QED) is 0.627. The van der Waals surface area contributed by atoms with E-state index in [-0.39, 0.29) is 18.3 Å². The highest BCUT2D eigenvalue weighted by atomic mass is 16.7. The number of nitrogens with one attached hydrogen (secondary N) is 1. The van der Waals surface area contributed by atoms with Crippen LogP contribution in [-0.4, -0.2) is 53.4 Å². The van der Waals surface area contributed by atoms with Crippen molar-refractivity contribution in [1.29, 1.82) is 0 Å². The molecule has 2 rings (SSSR count). The highest BCUT2D eigenvalue weighted by Gasteiger charge is 2.52. The molecule has 0 spiro atoms. The summed E-state index contributed by atoms with van der Waals surface area (Å²) in [5.41, 5.74) is 0.235. The number of rotatable bonds is 5. The van der Waals surface area contributed by atoms with E-state index in [1.54, 1.807) is 23.9 Å². The molecule has 1 fully saturated rings. The minimum atomic E-state index is -0.629. The van der Waals surface area contributed by atoms with Gasteiger partial charge in [0.25, 0.3) is 0 Å². The summed E-state index contributed by atoms with van der Waals surface area (Å²) in [4.78, 5) is 27.4. The van der Waals surface area contributed by atoms with Crippen LogP contribution in [0.1, 0.15) is 50.9 Å². The van der Waals surface area contributed by atoms with Crippen molar-refractivity contribution in [1.82, 2.24) is 14.9 Å². The molecule has 1 aliphatic heterocycles. The fourth-order valence-corrected chi connectivity index (χ4v) is 2.45. The molecule has 0 aromatic carbocycles. The summed E-state index contributed by atoms with van der Waals surface area (Å²) in [6.45, 7) is 9.52. The summed E-state index contributed by atoms with van der Waals surface area (Å²) in [7, 11) is 2.38. The first-order valence-corrected chi connectivity index (χ1v) is 8.39. The molecular weight excluding hydrogens is 337 g/mol. The van der Waals surface area contributed by atoms with E-state index < -0.39 is 24.3 Å². The first kappa shape index (κ1) is 20.2. The lowest BCUT2D eigenvalue weighted by Crippen LogP contribution is -2.41. The van der Waals surface area contributed by atoms with Crippen LogP contribution < -0.4 is 5.32 Å². The normalized spacial score (nSPS) is 18.7. The van der Waals surface area contributed by atoms with Gasteiger partial charge in [0.15, 0.2) is 0 Å². The Morgan fingerprint density at radius 3 is 2.38 bits per heavy atom. The van der Waals surface area contributed by atoms with Gasteiger partial charge in [-0.3, -0.25) is 4.79 Å². The zero-order chi connectivity index (χ0) is 19.7. The average molecular weight is 363 g/mol. The molecule has 1 amide bonds. The Morgan fingerprint density at radius 2 is 1.88 bits per heavy atom. The van der Waals surface area contributed by atoms with Gasteiger partial charge in [-0.15, -0.1) is 0 Å². The van der Waals surface area contributed by atoms with Crippen molar-refractivity contribution in [3.8, 4) is 0 Å². The minimum Gasteiger partial charge on any atom is -0.463 e. The molecule has 0 aliphatic carbocycles. The molecule has 0 unspecified atom stereocenters.